The summed E-state index contributed by atoms with van der Waals surface area (Å²) in [5.41, 5.74) is 5.61. The molecular formula is C44H38N6O4S2. The standard InChI is InChI=1S/2C22H19N3O2S/c2*1-14-18(20(26)23-2)19(16-11-7-4-8-12-16)25-21(27)17(28-22(25)24-14)13-15-9-5-3-6-10-15/h2*3-13,19H,1-2H3,(H,23,26)/b2*17-13-/t2*19-/m00/s1. The van der Waals surface area contributed by atoms with Gasteiger partial charge in [-0.05, 0) is 48.3 Å². The summed E-state index contributed by atoms with van der Waals surface area (Å²) in [7, 11) is 3.18. The maximum absolute atomic E-state index is 13.3. The molecule has 0 unspecified atom stereocenters. The first-order valence-electron chi connectivity index (χ1n) is 17.9. The van der Waals surface area contributed by atoms with Gasteiger partial charge >= 0.3 is 0 Å². The van der Waals surface area contributed by atoms with Crippen molar-refractivity contribution in [2.45, 2.75) is 25.9 Å². The van der Waals surface area contributed by atoms with Crippen LogP contribution in [0, 0.1) is 0 Å². The smallest absolute Gasteiger partial charge is 0.271 e. The van der Waals surface area contributed by atoms with Gasteiger partial charge < -0.3 is 10.6 Å². The quantitative estimate of drug-likeness (QED) is 0.266. The number of nitrogens with one attached hydrogen (secondary N) is 2. The second-order valence-corrected chi connectivity index (χ2v) is 15.0. The first-order valence-corrected chi connectivity index (χ1v) is 19.5. The van der Waals surface area contributed by atoms with Crippen molar-refractivity contribution in [3.05, 3.63) is 205 Å². The number of rotatable bonds is 6. The Kier molecular flexibility index (Phi) is 11.1. The Morgan fingerprint density at radius 3 is 1.20 bits per heavy atom. The Morgan fingerprint density at radius 1 is 0.554 bits per heavy atom. The highest BCUT2D eigenvalue weighted by atomic mass is 32.1. The monoisotopic (exact) mass is 778 g/mol. The third kappa shape index (κ3) is 7.44. The highest BCUT2D eigenvalue weighted by Gasteiger charge is 2.33. The molecule has 0 saturated heterocycles. The Balaban J connectivity index is 0.000000172. The number of fused-ring (bicyclic) bond motifs is 2. The normalized spacial score (nSPS) is 16.5. The van der Waals surface area contributed by atoms with Gasteiger partial charge in [0.05, 0.1) is 43.7 Å². The summed E-state index contributed by atoms with van der Waals surface area (Å²) in [4.78, 5) is 62.2. The van der Waals surface area contributed by atoms with Crippen LogP contribution in [0.5, 0.6) is 0 Å². The van der Waals surface area contributed by atoms with Gasteiger partial charge in [0.1, 0.15) is 0 Å². The molecule has 0 radical (unpaired) electrons. The van der Waals surface area contributed by atoms with Crippen molar-refractivity contribution in [1.82, 2.24) is 19.8 Å². The zero-order chi connectivity index (χ0) is 39.3. The van der Waals surface area contributed by atoms with Gasteiger partial charge in [-0.15, -0.1) is 0 Å². The van der Waals surface area contributed by atoms with E-state index >= 15 is 0 Å². The van der Waals surface area contributed by atoms with Gasteiger partial charge in [0.2, 0.25) is 0 Å². The number of nitrogens with zero attached hydrogens (tertiary/aromatic N) is 4. The minimum atomic E-state index is -0.504. The van der Waals surface area contributed by atoms with E-state index in [-0.39, 0.29) is 22.9 Å². The van der Waals surface area contributed by atoms with Crippen molar-refractivity contribution in [3.63, 3.8) is 0 Å². The van der Waals surface area contributed by atoms with Crippen molar-refractivity contribution in [2.75, 3.05) is 14.1 Å². The molecule has 0 aliphatic carbocycles. The maximum Gasteiger partial charge on any atom is 0.271 e. The Labute approximate surface area is 330 Å². The fourth-order valence-electron chi connectivity index (χ4n) is 6.80. The molecule has 8 rings (SSSR count). The van der Waals surface area contributed by atoms with E-state index in [2.05, 4.69) is 20.6 Å². The molecule has 0 bridgehead atoms. The summed E-state index contributed by atoms with van der Waals surface area (Å²) in [6, 6.07) is 37.6. The third-order valence-corrected chi connectivity index (χ3v) is 11.4. The van der Waals surface area contributed by atoms with E-state index in [0.29, 0.717) is 41.2 Å². The predicted octanol–water partition coefficient (Wildman–Crippen LogP) is 3.96. The SMILES string of the molecule is CNC(=O)C1=C(C)N=c2s/c(=C\c3ccccc3)c(=O)n2[C@H]1c1ccccc1.CNC(=O)C1=C(C)N=c2s/c(=C\c3ccccc3)c(=O)n2[C@H]1c1ccccc1. The molecule has 6 aromatic rings. The van der Waals surface area contributed by atoms with Crippen LogP contribution in [0.15, 0.2) is 163 Å². The lowest BCUT2D eigenvalue weighted by Crippen LogP contribution is -2.41. The average molecular weight is 779 g/mol. The molecule has 4 heterocycles. The lowest BCUT2D eigenvalue weighted by atomic mass is 9.95. The number of carbonyl (C=O) groups is 2. The molecule has 2 aliphatic heterocycles. The van der Waals surface area contributed by atoms with E-state index in [0.717, 1.165) is 22.3 Å². The number of hydrogen-bond acceptors (Lipinski definition) is 8. The maximum atomic E-state index is 13.3. The van der Waals surface area contributed by atoms with E-state index < -0.39 is 12.1 Å². The minimum absolute atomic E-state index is 0.143. The van der Waals surface area contributed by atoms with Crippen LogP contribution >= 0.6 is 22.7 Å². The molecular weight excluding hydrogens is 741 g/mol. The number of benzene rings is 4. The van der Waals surface area contributed by atoms with Gasteiger partial charge in [0, 0.05) is 14.1 Å². The van der Waals surface area contributed by atoms with Crippen LogP contribution < -0.4 is 40.4 Å². The fourth-order valence-corrected chi connectivity index (χ4v) is 8.89. The van der Waals surface area contributed by atoms with E-state index in [1.54, 1.807) is 23.2 Å². The van der Waals surface area contributed by atoms with E-state index in [1.165, 1.54) is 22.7 Å². The number of aromatic nitrogens is 2. The van der Waals surface area contributed by atoms with Gasteiger partial charge in [-0.25, -0.2) is 9.98 Å². The van der Waals surface area contributed by atoms with Crippen molar-refractivity contribution in [1.29, 1.82) is 0 Å². The summed E-state index contributed by atoms with van der Waals surface area (Å²) in [5.74, 6) is -0.458. The Morgan fingerprint density at radius 2 is 0.875 bits per heavy atom. The number of likely N-dealkylation sites (N-methyl/N-ethyl adjacent to an activating group) is 2. The number of carbonyl (C=O) groups excluding carboxylic acids is 2. The van der Waals surface area contributed by atoms with Crippen molar-refractivity contribution in [2.24, 2.45) is 9.98 Å². The van der Waals surface area contributed by atoms with E-state index in [4.69, 9.17) is 0 Å². The highest BCUT2D eigenvalue weighted by molar-refractivity contribution is 7.07. The van der Waals surface area contributed by atoms with Gasteiger partial charge in [-0.1, -0.05) is 144 Å². The van der Waals surface area contributed by atoms with Gasteiger partial charge in [-0.2, -0.15) is 0 Å². The lowest BCUT2D eigenvalue weighted by molar-refractivity contribution is -0.118. The van der Waals surface area contributed by atoms with Crippen molar-refractivity contribution in [3.8, 4) is 0 Å². The lowest BCUT2D eigenvalue weighted by Gasteiger charge is -2.24. The molecule has 2 N–H and O–H groups in total. The molecule has 56 heavy (non-hydrogen) atoms. The molecule has 2 aliphatic rings. The summed E-state index contributed by atoms with van der Waals surface area (Å²) < 4.78 is 4.45. The van der Waals surface area contributed by atoms with E-state index in [9.17, 15) is 19.2 Å². The summed E-state index contributed by atoms with van der Waals surface area (Å²) in [6.07, 6.45) is 3.73. The largest absolute Gasteiger partial charge is 0.355 e. The summed E-state index contributed by atoms with van der Waals surface area (Å²) in [5, 5.41) is 5.37. The van der Waals surface area contributed by atoms with Crippen LogP contribution in [-0.4, -0.2) is 35.0 Å². The number of amides is 2. The van der Waals surface area contributed by atoms with Gasteiger partial charge in [0.25, 0.3) is 22.9 Å². The molecule has 12 heteroatoms. The second kappa shape index (κ2) is 16.5. The Hall–Kier alpha value is -6.50. The molecule has 4 aromatic carbocycles. The first kappa shape index (κ1) is 37.8. The highest BCUT2D eigenvalue weighted by Crippen LogP contribution is 2.31. The number of thiazole rings is 2. The number of allylic oxidation sites excluding steroid dienone is 2. The molecule has 0 fully saturated rings. The molecule has 0 saturated carbocycles. The second-order valence-electron chi connectivity index (χ2n) is 13.0. The van der Waals surface area contributed by atoms with Crippen LogP contribution in [0.25, 0.3) is 12.2 Å². The average Bonchev–Trinajstić information content (AvgIpc) is 3.70. The zero-order valence-corrected chi connectivity index (χ0v) is 32.7. The first-order chi connectivity index (χ1) is 27.2. The van der Waals surface area contributed by atoms with Crippen LogP contribution in [0.1, 0.15) is 48.2 Å². The van der Waals surface area contributed by atoms with Crippen molar-refractivity contribution < 1.29 is 9.59 Å². The molecule has 10 nitrogen and oxygen atoms in total. The number of hydrogen-bond donors (Lipinski definition) is 2. The minimum Gasteiger partial charge on any atom is -0.355 e. The Bertz CT molecular complexity index is 2680. The molecule has 280 valence electrons. The van der Waals surface area contributed by atoms with Crippen LogP contribution in [0.4, 0.5) is 0 Å². The summed E-state index contributed by atoms with van der Waals surface area (Å²) >= 11 is 2.69. The van der Waals surface area contributed by atoms with Crippen LogP contribution in [-0.2, 0) is 9.59 Å². The topological polar surface area (TPSA) is 127 Å². The third-order valence-electron chi connectivity index (χ3n) is 9.41. The summed E-state index contributed by atoms with van der Waals surface area (Å²) in [6.45, 7) is 3.63. The van der Waals surface area contributed by atoms with Crippen LogP contribution in [0.3, 0.4) is 0 Å². The molecule has 2 aromatic heterocycles. The fraction of sp³-hybridized carbons (Fsp3) is 0.136. The predicted molar refractivity (Wildman–Crippen MR) is 221 cm³/mol. The van der Waals surface area contributed by atoms with E-state index in [1.807, 2.05) is 147 Å². The van der Waals surface area contributed by atoms with Gasteiger partial charge in [-0.3, -0.25) is 28.3 Å². The molecule has 2 amide bonds. The van der Waals surface area contributed by atoms with Gasteiger partial charge in [0.15, 0.2) is 9.60 Å². The zero-order valence-electron chi connectivity index (χ0n) is 31.1. The van der Waals surface area contributed by atoms with Crippen molar-refractivity contribution >= 4 is 46.6 Å². The molecule has 0 spiro atoms. The van der Waals surface area contributed by atoms with Crippen LogP contribution in [0.2, 0.25) is 0 Å². The molecule has 2 atom stereocenters.